The minimum atomic E-state index is -0.295. The number of nitrogens with zero attached hydrogens (tertiary/aromatic N) is 2. The van der Waals surface area contributed by atoms with Crippen molar-refractivity contribution in [1.29, 1.82) is 0 Å². The molecule has 0 saturated heterocycles. The van der Waals surface area contributed by atoms with E-state index in [1.54, 1.807) is 0 Å². The van der Waals surface area contributed by atoms with E-state index in [-0.39, 0.29) is 36.3 Å². The molecule has 1 saturated carbocycles. The summed E-state index contributed by atoms with van der Waals surface area (Å²) in [7, 11) is 0. The molecular formula is C17H23ClN4O2. The second-order valence-electron chi connectivity index (χ2n) is 6.21. The molecule has 3 N–H and O–H groups in total. The van der Waals surface area contributed by atoms with Gasteiger partial charge in [0.25, 0.3) is 0 Å². The van der Waals surface area contributed by atoms with Crippen LogP contribution in [0.25, 0.3) is 0 Å². The Balaban J connectivity index is 0.00000208. The van der Waals surface area contributed by atoms with Gasteiger partial charge in [-0.1, -0.05) is 35.5 Å². The van der Waals surface area contributed by atoms with Gasteiger partial charge in [0.1, 0.15) is 6.04 Å². The first kappa shape index (κ1) is 18.4. The lowest BCUT2D eigenvalue weighted by molar-refractivity contribution is -0.125. The van der Waals surface area contributed by atoms with Gasteiger partial charge in [0.05, 0.1) is 0 Å². The number of benzene rings is 1. The van der Waals surface area contributed by atoms with Gasteiger partial charge in [-0.05, 0) is 31.7 Å². The topological polar surface area (TPSA) is 94.0 Å². The summed E-state index contributed by atoms with van der Waals surface area (Å²) in [6.45, 7) is 1.85. The van der Waals surface area contributed by atoms with Crippen LogP contribution >= 0.6 is 12.4 Å². The Morgan fingerprint density at radius 3 is 2.79 bits per heavy atom. The van der Waals surface area contributed by atoms with Gasteiger partial charge in [0.2, 0.25) is 11.8 Å². The maximum atomic E-state index is 12.2. The minimum Gasteiger partial charge on any atom is -0.344 e. The number of hydrogen-bond donors (Lipinski definition) is 2. The first-order chi connectivity index (χ1) is 11.1. The van der Waals surface area contributed by atoms with Crippen LogP contribution in [-0.2, 0) is 11.2 Å². The summed E-state index contributed by atoms with van der Waals surface area (Å²) in [6, 6.07) is 9.81. The van der Waals surface area contributed by atoms with Crippen LogP contribution in [0.2, 0.25) is 0 Å². The van der Waals surface area contributed by atoms with Gasteiger partial charge in [0.15, 0.2) is 5.82 Å². The summed E-state index contributed by atoms with van der Waals surface area (Å²) in [5.74, 6) is 1.08. The van der Waals surface area contributed by atoms with Gasteiger partial charge in [-0.2, -0.15) is 4.98 Å². The molecule has 0 radical (unpaired) electrons. The van der Waals surface area contributed by atoms with Crippen LogP contribution in [0.5, 0.6) is 0 Å². The summed E-state index contributed by atoms with van der Waals surface area (Å²) in [6.07, 6.45) is 3.13. The number of nitrogens with one attached hydrogen (secondary N) is 1. The van der Waals surface area contributed by atoms with Crippen LogP contribution in [0.1, 0.15) is 49.5 Å². The standard InChI is InChI=1S/C17H22N4O2.ClH/c1-11(19-16(22)13-7-8-14(18)10-13)17-20-15(21-23-17)9-12-5-3-2-4-6-12;/h2-6,11,13-14H,7-10,18H2,1H3,(H,19,22);1H. The van der Waals surface area contributed by atoms with E-state index in [1.165, 1.54) is 0 Å². The van der Waals surface area contributed by atoms with Crippen molar-refractivity contribution in [2.45, 2.75) is 44.7 Å². The zero-order valence-electron chi connectivity index (χ0n) is 13.6. The van der Waals surface area contributed by atoms with Gasteiger partial charge >= 0.3 is 0 Å². The molecule has 1 aromatic heterocycles. The third-order valence-electron chi connectivity index (χ3n) is 4.26. The Hall–Kier alpha value is -1.92. The van der Waals surface area contributed by atoms with Crippen molar-refractivity contribution in [3.05, 3.63) is 47.6 Å². The second-order valence-corrected chi connectivity index (χ2v) is 6.21. The number of halogens is 1. The molecule has 1 amide bonds. The highest BCUT2D eigenvalue weighted by Gasteiger charge is 2.29. The average molecular weight is 351 g/mol. The smallest absolute Gasteiger partial charge is 0.248 e. The summed E-state index contributed by atoms with van der Waals surface area (Å²) in [5.41, 5.74) is 6.98. The SMILES string of the molecule is CC(NC(=O)C1CCC(N)C1)c1nc(Cc2ccccc2)no1.Cl. The molecule has 6 nitrogen and oxygen atoms in total. The van der Waals surface area contributed by atoms with E-state index in [4.69, 9.17) is 10.3 Å². The van der Waals surface area contributed by atoms with Crippen LogP contribution in [0.15, 0.2) is 34.9 Å². The number of carbonyl (C=O) groups excluding carboxylic acids is 1. The normalized spacial score (nSPS) is 21.1. The van der Waals surface area contributed by atoms with Crippen LogP contribution in [-0.4, -0.2) is 22.1 Å². The van der Waals surface area contributed by atoms with E-state index >= 15 is 0 Å². The summed E-state index contributed by atoms with van der Waals surface area (Å²) < 4.78 is 5.28. The zero-order chi connectivity index (χ0) is 16.2. The van der Waals surface area contributed by atoms with E-state index in [2.05, 4.69) is 15.5 Å². The molecule has 0 aliphatic heterocycles. The fraction of sp³-hybridized carbons (Fsp3) is 0.471. The van der Waals surface area contributed by atoms with E-state index < -0.39 is 0 Å². The molecule has 24 heavy (non-hydrogen) atoms. The molecule has 1 heterocycles. The number of carbonyl (C=O) groups is 1. The molecular weight excluding hydrogens is 328 g/mol. The highest BCUT2D eigenvalue weighted by molar-refractivity contribution is 5.85. The Morgan fingerprint density at radius 2 is 2.12 bits per heavy atom. The molecule has 7 heteroatoms. The van der Waals surface area contributed by atoms with E-state index in [1.807, 2.05) is 37.3 Å². The van der Waals surface area contributed by atoms with Gasteiger partial charge in [-0.15, -0.1) is 12.4 Å². The van der Waals surface area contributed by atoms with Crippen molar-refractivity contribution in [1.82, 2.24) is 15.5 Å². The molecule has 3 unspecified atom stereocenters. The predicted octanol–water partition coefficient (Wildman–Crippen LogP) is 2.39. The van der Waals surface area contributed by atoms with Crippen molar-refractivity contribution < 1.29 is 9.32 Å². The van der Waals surface area contributed by atoms with Crippen molar-refractivity contribution in [2.75, 3.05) is 0 Å². The van der Waals surface area contributed by atoms with Crippen molar-refractivity contribution in [2.24, 2.45) is 11.7 Å². The van der Waals surface area contributed by atoms with Crippen LogP contribution in [0, 0.1) is 5.92 Å². The molecule has 0 spiro atoms. The molecule has 0 bridgehead atoms. The van der Waals surface area contributed by atoms with E-state index in [0.29, 0.717) is 18.1 Å². The first-order valence-electron chi connectivity index (χ1n) is 8.04. The Labute approximate surface area is 147 Å². The van der Waals surface area contributed by atoms with Gasteiger partial charge in [-0.3, -0.25) is 4.79 Å². The lowest BCUT2D eigenvalue weighted by Gasteiger charge is -2.13. The lowest BCUT2D eigenvalue weighted by atomic mass is 10.1. The van der Waals surface area contributed by atoms with Gasteiger partial charge in [-0.25, -0.2) is 0 Å². The summed E-state index contributed by atoms with van der Waals surface area (Å²) in [4.78, 5) is 16.6. The monoisotopic (exact) mass is 350 g/mol. The number of aromatic nitrogens is 2. The highest BCUT2D eigenvalue weighted by atomic mass is 35.5. The molecule has 3 rings (SSSR count). The number of amides is 1. The summed E-state index contributed by atoms with van der Waals surface area (Å²) >= 11 is 0. The van der Waals surface area contributed by atoms with Gasteiger partial charge < -0.3 is 15.6 Å². The molecule has 1 aliphatic carbocycles. The average Bonchev–Trinajstić information content (AvgIpc) is 3.17. The van der Waals surface area contributed by atoms with Crippen molar-refractivity contribution in [3.8, 4) is 0 Å². The Kier molecular flexibility index (Phi) is 6.34. The van der Waals surface area contributed by atoms with Crippen LogP contribution in [0.4, 0.5) is 0 Å². The maximum absolute atomic E-state index is 12.2. The quantitative estimate of drug-likeness (QED) is 0.863. The number of nitrogens with two attached hydrogens (primary N) is 1. The third kappa shape index (κ3) is 4.55. The zero-order valence-corrected chi connectivity index (χ0v) is 14.5. The molecule has 2 aromatic rings. The van der Waals surface area contributed by atoms with E-state index in [0.717, 1.165) is 24.8 Å². The first-order valence-corrected chi connectivity index (χ1v) is 8.04. The molecule has 1 aliphatic rings. The summed E-state index contributed by atoms with van der Waals surface area (Å²) in [5, 5.41) is 6.94. The fourth-order valence-electron chi connectivity index (χ4n) is 2.94. The second kappa shape index (κ2) is 8.26. The largest absolute Gasteiger partial charge is 0.344 e. The van der Waals surface area contributed by atoms with Crippen LogP contribution in [0.3, 0.4) is 0 Å². The van der Waals surface area contributed by atoms with E-state index in [9.17, 15) is 4.79 Å². The number of hydrogen-bond acceptors (Lipinski definition) is 5. The van der Waals surface area contributed by atoms with Crippen molar-refractivity contribution in [3.63, 3.8) is 0 Å². The molecule has 3 atom stereocenters. The Morgan fingerprint density at radius 1 is 1.38 bits per heavy atom. The van der Waals surface area contributed by atoms with Crippen molar-refractivity contribution >= 4 is 18.3 Å². The molecule has 1 fully saturated rings. The predicted molar refractivity (Wildman–Crippen MR) is 92.7 cm³/mol. The fourth-order valence-corrected chi connectivity index (χ4v) is 2.94. The number of rotatable bonds is 5. The molecule has 130 valence electrons. The maximum Gasteiger partial charge on any atom is 0.248 e. The lowest BCUT2D eigenvalue weighted by Crippen LogP contribution is -2.32. The highest BCUT2D eigenvalue weighted by Crippen LogP contribution is 2.25. The van der Waals surface area contributed by atoms with Gasteiger partial charge in [0, 0.05) is 18.4 Å². The molecule has 1 aromatic carbocycles. The Bertz CT molecular complexity index is 662. The van der Waals surface area contributed by atoms with Crippen LogP contribution < -0.4 is 11.1 Å². The third-order valence-corrected chi connectivity index (χ3v) is 4.26. The minimum absolute atomic E-state index is 0.